The van der Waals surface area contributed by atoms with E-state index in [1.165, 1.54) is 0 Å². The minimum atomic E-state index is -0.0938. The molecule has 0 aliphatic heterocycles. The fourth-order valence-electron chi connectivity index (χ4n) is 1.60. The number of carbonyl (C=O) groups is 1. The highest BCUT2D eigenvalue weighted by atomic mass is 35.5. The first-order valence-electron chi connectivity index (χ1n) is 5.85. The highest BCUT2D eigenvalue weighted by Gasteiger charge is 2.09. The van der Waals surface area contributed by atoms with Crippen molar-refractivity contribution in [2.45, 2.75) is 4.90 Å². The predicted molar refractivity (Wildman–Crippen MR) is 84.5 cm³/mol. The zero-order valence-electron chi connectivity index (χ0n) is 10.7. The summed E-state index contributed by atoms with van der Waals surface area (Å²) in [5, 5.41) is 0.921. The van der Waals surface area contributed by atoms with E-state index in [0.29, 0.717) is 21.4 Å². The maximum Gasteiger partial charge on any atom is 0.200 e. The average Bonchev–Trinajstić information content (AvgIpc) is 2.46. The second-order valence-corrected chi connectivity index (χ2v) is 5.74. The highest BCUT2D eigenvalue weighted by molar-refractivity contribution is 7.98. The molecule has 104 valence electrons. The second kappa shape index (κ2) is 7.02. The Morgan fingerprint density at radius 1 is 1.15 bits per heavy atom. The van der Waals surface area contributed by atoms with Gasteiger partial charge in [-0.25, -0.2) is 0 Å². The standard InChI is InChI=1S/C15H12Cl2O2S/c1-20-12-5-2-10(3-6-12)14(18)9-19-15-7-4-11(16)8-13(15)17/h2-8H,9H2,1H3. The minimum Gasteiger partial charge on any atom is -0.484 e. The topological polar surface area (TPSA) is 26.3 Å². The van der Waals surface area contributed by atoms with Crippen molar-refractivity contribution in [3.05, 3.63) is 58.1 Å². The quantitative estimate of drug-likeness (QED) is 0.572. The summed E-state index contributed by atoms with van der Waals surface area (Å²) in [6, 6.07) is 12.3. The Labute approximate surface area is 132 Å². The molecule has 0 spiro atoms. The number of carbonyl (C=O) groups excluding carboxylic acids is 1. The molecular weight excluding hydrogens is 315 g/mol. The Bertz CT molecular complexity index is 612. The van der Waals surface area contributed by atoms with E-state index in [9.17, 15) is 4.79 Å². The fraction of sp³-hybridized carbons (Fsp3) is 0.133. The Balaban J connectivity index is 2.00. The van der Waals surface area contributed by atoms with Crippen LogP contribution in [0, 0.1) is 0 Å². The van der Waals surface area contributed by atoms with Crippen LogP contribution < -0.4 is 4.74 Å². The highest BCUT2D eigenvalue weighted by Crippen LogP contribution is 2.27. The molecule has 0 N–H and O–H groups in total. The Morgan fingerprint density at radius 3 is 2.45 bits per heavy atom. The number of rotatable bonds is 5. The molecule has 0 fully saturated rings. The van der Waals surface area contributed by atoms with Gasteiger partial charge in [-0.1, -0.05) is 35.3 Å². The summed E-state index contributed by atoms with van der Waals surface area (Å²) in [6.45, 7) is -0.0556. The summed E-state index contributed by atoms with van der Waals surface area (Å²) in [6.07, 6.45) is 1.99. The molecular formula is C15H12Cl2O2S. The van der Waals surface area contributed by atoms with E-state index < -0.39 is 0 Å². The van der Waals surface area contributed by atoms with Crippen molar-refractivity contribution in [3.63, 3.8) is 0 Å². The fourth-order valence-corrected chi connectivity index (χ4v) is 2.47. The van der Waals surface area contributed by atoms with Gasteiger partial charge in [0.2, 0.25) is 0 Å². The number of hydrogen-bond donors (Lipinski definition) is 0. The molecule has 20 heavy (non-hydrogen) atoms. The number of ether oxygens (including phenoxy) is 1. The molecule has 0 aliphatic carbocycles. The maximum absolute atomic E-state index is 12.0. The van der Waals surface area contributed by atoms with Gasteiger partial charge in [0, 0.05) is 15.5 Å². The van der Waals surface area contributed by atoms with Gasteiger partial charge in [0.25, 0.3) is 0 Å². The molecule has 0 saturated heterocycles. The molecule has 0 unspecified atom stereocenters. The van der Waals surface area contributed by atoms with Crippen molar-refractivity contribution in [2.24, 2.45) is 0 Å². The van der Waals surface area contributed by atoms with Crippen LogP contribution >= 0.6 is 35.0 Å². The van der Waals surface area contributed by atoms with Crippen molar-refractivity contribution in [1.29, 1.82) is 0 Å². The third-order valence-electron chi connectivity index (χ3n) is 2.66. The summed E-state index contributed by atoms with van der Waals surface area (Å²) >= 11 is 13.4. The van der Waals surface area contributed by atoms with Crippen molar-refractivity contribution in [2.75, 3.05) is 12.9 Å². The van der Waals surface area contributed by atoms with Gasteiger partial charge in [-0.2, -0.15) is 0 Å². The molecule has 0 aromatic heterocycles. The van der Waals surface area contributed by atoms with Crippen molar-refractivity contribution < 1.29 is 9.53 Å². The van der Waals surface area contributed by atoms with Gasteiger partial charge in [0.1, 0.15) is 5.75 Å². The maximum atomic E-state index is 12.0. The Kier molecular flexibility index (Phi) is 5.35. The molecule has 0 amide bonds. The normalized spacial score (nSPS) is 10.3. The monoisotopic (exact) mass is 326 g/mol. The van der Waals surface area contributed by atoms with Crippen LogP contribution in [-0.2, 0) is 0 Å². The Hall–Kier alpha value is -1.16. The van der Waals surface area contributed by atoms with E-state index in [1.54, 1.807) is 42.1 Å². The van der Waals surface area contributed by atoms with Crippen LogP contribution in [0.1, 0.15) is 10.4 Å². The lowest BCUT2D eigenvalue weighted by Crippen LogP contribution is -2.11. The van der Waals surface area contributed by atoms with E-state index in [4.69, 9.17) is 27.9 Å². The van der Waals surface area contributed by atoms with Gasteiger partial charge in [-0.15, -0.1) is 11.8 Å². The van der Waals surface area contributed by atoms with Gasteiger partial charge in [-0.3, -0.25) is 4.79 Å². The van der Waals surface area contributed by atoms with Crippen LogP contribution in [0.3, 0.4) is 0 Å². The van der Waals surface area contributed by atoms with Gasteiger partial charge in [-0.05, 0) is 36.6 Å². The van der Waals surface area contributed by atoms with Crippen LogP contribution in [0.4, 0.5) is 0 Å². The molecule has 5 heteroatoms. The number of ketones is 1. The van der Waals surface area contributed by atoms with Gasteiger partial charge in [0.05, 0.1) is 5.02 Å². The number of thioether (sulfide) groups is 1. The van der Waals surface area contributed by atoms with Gasteiger partial charge in [0.15, 0.2) is 12.4 Å². The molecule has 2 aromatic rings. The van der Waals surface area contributed by atoms with E-state index in [2.05, 4.69) is 0 Å². The molecule has 0 atom stereocenters. The third-order valence-corrected chi connectivity index (χ3v) is 3.94. The van der Waals surface area contributed by atoms with E-state index in [1.807, 2.05) is 18.4 Å². The number of hydrogen-bond acceptors (Lipinski definition) is 3. The zero-order valence-corrected chi connectivity index (χ0v) is 13.1. The SMILES string of the molecule is CSc1ccc(C(=O)COc2ccc(Cl)cc2Cl)cc1. The smallest absolute Gasteiger partial charge is 0.200 e. The number of benzene rings is 2. The first-order valence-corrected chi connectivity index (χ1v) is 7.83. The molecule has 2 rings (SSSR count). The summed E-state index contributed by atoms with van der Waals surface area (Å²) in [5.74, 6) is 0.355. The number of halogens is 2. The summed E-state index contributed by atoms with van der Waals surface area (Å²) in [5.41, 5.74) is 0.618. The molecule has 0 radical (unpaired) electrons. The largest absolute Gasteiger partial charge is 0.484 e. The van der Waals surface area contributed by atoms with Gasteiger partial charge < -0.3 is 4.74 Å². The van der Waals surface area contributed by atoms with Crippen molar-refractivity contribution in [1.82, 2.24) is 0 Å². The van der Waals surface area contributed by atoms with Crippen LogP contribution in [0.2, 0.25) is 10.0 Å². The number of Topliss-reactive ketones (excluding diaryl/α,β-unsaturated/α-hetero) is 1. The van der Waals surface area contributed by atoms with E-state index in [-0.39, 0.29) is 12.4 Å². The average molecular weight is 327 g/mol. The third kappa shape index (κ3) is 3.92. The minimum absolute atomic E-state index is 0.0556. The van der Waals surface area contributed by atoms with Gasteiger partial charge >= 0.3 is 0 Å². The molecule has 0 saturated carbocycles. The van der Waals surface area contributed by atoms with Crippen LogP contribution in [0.15, 0.2) is 47.4 Å². The molecule has 0 aliphatic rings. The van der Waals surface area contributed by atoms with E-state index >= 15 is 0 Å². The summed E-state index contributed by atoms with van der Waals surface area (Å²) < 4.78 is 5.42. The molecule has 2 nitrogen and oxygen atoms in total. The predicted octanol–water partition coefficient (Wildman–Crippen LogP) is 4.98. The lowest BCUT2D eigenvalue weighted by atomic mass is 10.1. The lowest BCUT2D eigenvalue weighted by molar-refractivity contribution is 0.0921. The molecule has 0 heterocycles. The van der Waals surface area contributed by atoms with Crippen LogP contribution in [0.25, 0.3) is 0 Å². The van der Waals surface area contributed by atoms with E-state index in [0.717, 1.165) is 4.90 Å². The second-order valence-electron chi connectivity index (χ2n) is 4.02. The Morgan fingerprint density at radius 2 is 1.85 bits per heavy atom. The summed E-state index contributed by atoms with van der Waals surface area (Å²) in [7, 11) is 0. The lowest BCUT2D eigenvalue weighted by Gasteiger charge is -2.08. The molecule has 0 bridgehead atoms. The van der Waals surface area contributed by atoms with Crippen LogP contribution in [0.5, 0.6) is 5.75 Å². The zero-order chi connectivity index (χ0) is 14.5. The summed E-state index contributed by atoms with van der Waals surface area (Å²) in [4.78, 5) is 13.1. The first-order chi connectivity index (χ1) is 9.60. The molecule has 2 aromatic carbocycles. The first kappa shape index (κ1) is 15.2. The van der Waals surface area contributed by atoms with Crippen LogP contribution in [-0.4, -0.2) is 18.6 Å². The van der Waals surface area contributed by atoms with Crippen molar-refractivity contribution >= 4 is 40.7 Å². The van der Waals surface area contributed by atoms with Crippen molar-refractivity contribution in [3.8, 4) is 5.75 Å².